The fourth-order valence-electron chi connectivity index (χ4n) is 3.89. The Morgan fingerprint density at radius 2 is 1.87 bits per heavy atom. The summed E-state index contributed by atoms with van der Waals surface area (Å²) in [7, 11) is -3.82. The molecule has 0 fully saturated rings. The molecule has 1 amide bonds. The van der Waals surface area contributed by atoms with E-state index in [0.717, 1.165) is 44.1 Å². The Balaban J connectivity index is 1.69. The number of hydrogen-bond acceptors (Lipinski definition) is 4. The van der Waals surface area contributed by atoms with Gasteiger partial charge in [-0.3, -0.25) is 9.69 Å². The first kappa shape index (κ1) is 23.4. The fourth-order valence-corrected chi connectivity index (χ4v) is 5.17. The molecule has 1 aliphatic rings. The molecule has 1 heterocycles. The van der Waals surface area contributed by atoms with Crippen molar-refractivity contribution < 1.29 is 17.6 Å². The topological polar surface area (TPSA) is 78.5 Å². The van der Waals surface area contributed by atoms with Gasteiger partial charge in [-0.25, -0.2) is 17.5 Å². The Labute approximate surface area is 183 Å². The SMILES string of the molecule is CCC(CNC(=O)c1cc(S(=O)(=O)NC(C)C)ccc1F)N1CCc2ccccc2C1. The van der Waals surface area contributed by atoms with Crippen LogP contribution in [0.1, 0.15) is 48.7 Å². The number of rotatable bonds is 8. The van der Waals surface area contributed by atoms with E-state index in [0.29, 0.717) is 6.54 Å². The molecule has 0 aromatic heterocycles. The first-order valence-electron chi connectivity index (χ1n) is 10.6. The van der Waals surface area contributed by atoms with Crippen molar-refractivity contribution in [2.45, 2.75) is 57.1 Å². The van der Waals surface area contributed by atoms with Crippen LogP contribution >= 0.6 is 0 Å². The lowest BCUT2D eigenvalue weighted by Crippen LogP contribution is -2.45. The van der Waals surface area contributed by atoms with Gasteiger partial charge in [-0.05, 0) is 56.0 Å². The molecule has 2 aromatic carbocycles. The molecule has 0 bridgehead atoms. The lowest BCUT2D eigenvalue weighted by Gasteiger charge is -2.35. The van der Waals surface area contributed by atoms with Crippen molar-refractivity contribution in [3.05, 3.63) is 65.0 Å². The highest BCUT2D eigenvalue weighted by Crippen LogP contribution is 2.21. The van der Waals surface area contributed by atoms with Gasteiger partial charge in [0.2, 0.25) is 10.0 Å². The first-order valence-corrected chi connectivity index (χ1v) is 12.1. The fraction of sp³-hybridized carbons (Fsp3) is 0.435. The average molecular weight is 448 g/mol. The number of nitrogens with zero attached hydrogens (tertiary/aromatic N) is 1. The number of fused-ring (bicyclic) bond motifs is 1. The lowest BCUT2D eigenvalue weighted by atomic mass is 9.98. The second-order valence-corrected chi connectivity index (χ2v) is 9.89. The molecule has 0 radical (unpaired) electrons. The Kier molecular flexibility index (Phi) is 7.46. The molecule has 2 N–H and O–H groups in total. The zero-order valence-corrected chi connectivity index (χ0v) is 19.0. The average Bonchev–Trinajstić information content (AvgIpc) is 2.73. The molecular formula is C23H30FN3O3S. The minimum absolute atomic E-state index is 0.106. The van der Waals surface area contributed by atoms with Crippen molar-refractivity contribution in [3.63, 3.8) is 0 Å². The van der Waals surface area contributed by atoms with Crippen LogP contribution in [0.15, 0.2) is 47.4 Å². The summed E-state index contributed by atoms with van der Waals surface area (Å²) in [6.07, 6.45) is 1.79. The predicted octanol–water partition coefficient (Wildman–Crippen LogP) is 3.08. The van der Waals surface area contributed by atoms with E-state index >= 15 is 0 Å². The standard InChI is InChI=1S/C23H30FN3O3S/c1-4-19(27-12-11-17-7-5-6-8-18(17)15-27)14-25-23(28)21-13-20(9-10-22(21)24)31(29,30)26-16(2)3/h5-10,13,16,19,26H,4,11-12,14-15H2,1-3H3,(H,25,28). The molecule has 0 aliphatic carbocycles. The maximum Gasteiger partial charge on any atom is 0.254 e. The summed E-state index contributed by atoms with van der Waals surface area (Å²) in [6.45, 7) is 7.51. The van der Waals surface area contributed by atoms with Crippen LogP contribution < -0.4 is 10.0 Å². The van der Waals surface area contributed by atoms with E-state index in [4.69, 9.17) is 0 Å². The summed E-state index contributed by atoms with van der Waals surface area (Å²) in [5.74, 6) is -1.36. The molecule has 8 heteroatoms. The molecule has 6 nitrogen and oxygen atoms in total. The summed E-state index contributed by atoms with van der Waals surface area (Å²) >= 11 is 0. The van der Waals surface area contributed by atoms with Gasteiger partial charge in [0.1, 0.15) is 5.82 Å². The van der Waals surface area contributed by atoms with E-state index in [2.05, 4.69) is 34.0 Å². The quantitative estimate of drug-likeness (QED) is 0.652. The molecule has 168 valence electrons. The van der Waals surface area contributed by atoms with Gasteiger partial charge in [-0.15, -0.1) is 0 Å². The van der Waals surface area contributed by atoms with Gasteiger partial charge in [0.05, 0.1) is 10.5 Å². The third-order valence-electron chi connectivity index (χ3n) is 5.53. The number of carbonyl (C=O) groups excluding carboxylic acids is 1. The first-order chi connectivity index (χ1) is 14.7. The van der Waals surface area contributed by atoms with Crippen LogP contribution in [0.3, 0.4) is 0 Å². The number of amides is 1. The number of sulfonamides is 1. The zero-order valence-electron chi connectivity index (χ0n) is 18.2. The monoisotopic (exact) mass is 447 g/mol. The highest BCUT2D eigenvalue weighted by atomic mass is 32.2. The predicted molar refractivity (Wildman–Crippen MR) is 119 cm³/mol. The molecular weight excluding hydrogens is 417 g/mol. The third-order valence-corrected chi connectivity index (χ3v) is 7.19. The number of halogens is 1. The third kappa shape index (κ3) is 5.70. The van der Waals surface area contributed by atoms with Crippen LogP contribution in [0.5, 0.6) is 0 Å². The van der Waals surface area contributed by atoms with E-state index < -0.39 is 21.7 Å². The van der Waals surface area contributed by atoms with E-state index in [-0.39, 0.29) is 22.5 Å². The summed E-state index contributed by atoms with van der Waals surface area (Å²) in [5, 5.41) is 2.80. The van der Waals surface area contributed by atoms with Gasteiger partial charge in [-0.1, -0.05) is 31.2 Å². The number of nitrogens with one attached hydrogen (secondary N) is 2. The largest absolute Gasteiger partial charge is 0.350 e. The van der Waals surface area contributed by atoms with Crippen molar-refractivity contribution in [2.75, 3.05) is 13.1 Å². The molecule has 1 atom stereocenters. The summed E-state index contributed by atoms with van der Waals surface area (Å²) < 4.78 is 41.5. The molecule has 0 spiro atoms. The van der Waals surface area contributed by atoms with E-state index in [1.54, 1.807) is 13.8 Å². The van der Waals surface area contributed by atoms with Crippen LogP contribution in [0, 0.1) is 5.82 Å². The highest BCUT2D eigenvalue weighted by molar-refractivity contribution is 7.89. The summed E-state index contributed by atoms with van der Waals surface area (Å²) in [4.78, 5) is 14.9. The lowest BCUT2D eigenvalue weighted by molar-refractivity contribution is 0.0922. The van der Waals surface area contributed by atoms with Crippen molar-refractivity contribution in [1.82, 2.24) is 14.9 Å². The van der Waals surface area contributed by atoms with Gasteiger partial charge < -0.3 is 5.32 Å². The van der Waals surface area contributed by atoms with E-state index in [1.807, 2.05) is 12.1 Å². The van der Waals surface area contributed by atoms with Crippen LogP contribution in [0.25, 0.3) is 0 Å². The second kappa shape index (κ2) is 9.89. The molecule has 0 saturated heterocycles. The van der Waals surface area contributed by atoms with Crippen LogP contribution in [-0.4, -0.2) is 44.4 Å². The van der Waals surface area contributed by atoms with Gasteiger partial charge >= 0.3 is 0 Å². The maximum atomic E-state index is 14.3. The Morgan fingerprint density at radius 1 is 1.16 bits per heavy atom. The van der Waals surface area contributed by atoms with Gasteiger partial charge in [0.25, 0.3) is 5.91 Å². The molecule has 1 aliphatic heterocycles. The molecule has 3 rings (SSSR count). The summed E-state index contributed by atoms with van der Waals surface area (Å²) in [5.41, 5.74) is 2.37. The van der Waals surface area contributed by atoms with Crippen molar-refractivity contribution >= 4 is 15.9 Å². The molecule has 0 saturated carbocycles. The minimum atomic E-state index is -3.82. The van der Waals surface area contributed by atoms with E-state index in [9.17, 15) is 17.6 Å². The van der Waals surface area contributed by atoms with Gasteiger partial charge in [0, 0.05) is 31.7 Å². The Morgan fingerprint density at radius 3 is 2.55 bits per heavy atom. The smallest absolute Gasteiger partial charge is 0.254 e. The van der Waals surface area contributed by atoms with Gasteiger partial charge in [0.15, 0.2) is 0 Å². The minimum Gasteiger partial charge on any atom is -0.350 e. The van der Waals surface area contributed by atoms with Crippen molar-refractivity contribution in [3.8, 4) is 0 Å². The van der Waals surface area contributed by atoms with Crippen LogP contribution in [0.2, 0.25) is 0 Å². The number of hydrogen-bond donors (Lipinski definition) is 2. The van der Waals surface area contributed by atoms with Crippen molar-refractivity contribution in [2.24, 2.45) is 0 Å². The molecule has 1 unspecified atom stereocenters. The molecule has 31 heavy (non-hydrogen) atoms. The Hall–Kier alpha value is -2.29. The maximum absolute atomic E-state index is 14.3. The normalized spacial score (nSPS) is 15.5. The van der Waals surface area contributed by atoms with Crippen molar-refractivity contribution in [1.29, 1.82) is 0 Å². The number of benzene rings is 2. The van der Waals surface area contributed by atoms with Crippen LogP contribution in [0.4, 0.5) is 4.39 Å². The number of carbonyl (C=O) groups is 1. The highest BCUT2D eigenvalue weighted by Gasteiger charge is 2.24. The Bertz CT molecular complexity index is 1040. The molecule has 2 aromatic rings. The zero-order chi connectivity index (χ0) is 22.6. The van der Waals surface area contributed by atoms with Gasteiger partial charge in [-0.2, -0.15) is 0 Å². The second-order valence-electron chi connectivity index (χ2n) is 8.18. The van der Waals surface area contributed by atoms with E-state index in [1.165, 1.54) is 11.1 Å². The summed E-state index contributed by atoms with van der Waals surface area (Å²) in [6, 6.07) is 11.4. The van der Waals surface area contributed by atoms with Crippen LogP contribution in [-0.2, 0) is 23.0 Å².